The number of carbonyl (C=O) groups is 4. The van der Waals surface area contributed by atoms with Gasteiger partial charge in [-0.2, -0.15) is 0 Å². The minimum atomic E-state index is -0.963. The van der Waals surface area contributed by atoms with Crippen molar-refractivity contribution in [2.75, 3.05) is 7.05 Å². The van der Waals surface area contributed by atoms with Gasteiger partial charge in [-0.05, 0) is 43.6 Å². The van der Waals surface area contributed by atoms with E-state index in [1.54, 1.807) is 36.6 Å². The van der Waals surface area contributed by atoms with Crippen molar-refractivity contribution in [3.63, 3.8) is 0 Å². The van der Waals surface area contributed by atoms with Crippen LogP contribution in [0.2, 0.25) is 0 Å². The predicted octanol–water partition coefficient (Wildman–Crippen LogP) is 4.36. The molecule has 3 rings (SSSR count). The Hall–Kier alpha value is -3.41. The van der Waals surface area contributed by atoms with Crippen LogP contribution in [0, 0.1) is 24.7 Å². The van der Waals surface area contributed by atoms with E-state index in [1.807, 2.05) is 20.8 Å². The van der Waals surface area contributed by atoms with Crippen LogP contribution in [-0.4, -0.2) is 67.8 Å². The maximum absolute atomic E-state index is 13.3. The van der Waals surface area contributed by atoms with Gasteiger partial charge in [0, 0.05) is 63.1 Å². The summed E-state index contributed by atoms with van der Waals surface area (Å²) in [5.74, 6) is -1.49. The number of nitrogens with one attached hydrogen (secondary N) is 1. The van der Waals surface area contributed by atoms with Crippen LogP contribution >= 0.6 is 11.3 Å². The predicted molar refractivity (Wildman–Crippen MR) is 158 cm³/mol. The molecule has 2 aromatic heterocycles. The summed E-state index contributed by atoms with van der Waals surface area (Å²) in [6.07, 6.45) is 7.26. The zero-order chi connectivity index (χ0) is 31.0. The number of aliphatic carboxylic acids is 1. The van der Waals surface area contributed by atoms with Crippen molar-refractivity contribution in [3.05, 3.63) is 39.9 Å². The number of carboxylic acid groups (broad SMARTS) is 1. The Morgan fingerprint density at radius 1 is 1.14 bits per heavy atom. The average Bonchev–Trinajstić information content (AvgIpc) is 3.39. The van der Waals surface area contributed by atoms with E-state index >= 15 is 0 Å². The molecule has 0 radical (unpaired) electrons. The van der Waals surface area contributed by atoms with E-state index in [-0.39, 0.29) is 36.4 Å². The molecular formula is C30H43N5O6S. The van der Waals surface area contributed by atoms with E-state index in [0.717, 1.165) is 18.4 Å². The zero-order valence-corrected chi connectivity index (χ0v) is 26.1. The number of aromatic nitrogens is 3. The number of amides is 2. The molecule has 42 heavy (non-hydrogen) atoms. The van der Waals surface area contributed by atoms with Crippen LogP contribution in [0.1, 0.15) is 99.2 Å². The van der Waals surface area contributed by atoms with Gasteiger partial charge in [0.25, 0.3) is 5.91 Å². The lowest BCUT2D eigenvalue weighted by Gasteiger charge is -2.35. The molecular weight excluding hydrogens is 558 g/mol. The highest BCUT2D eigenvalue weighted by atomic mass is 32.1. The Labute approximate surface area is 251 Å². The summed E-state index contributed by atoms with van der Waals surface area (Å²) in [5, 5.41) is 14.4. The number of carbonyl (C=O) groups excluding carboxylic acids is 3. The molecule has 0 bridgehead atoms. The normalized spacial score (nSPS) is 16.2. The summed E-state index contributed by atoms with van der Waals surface area (Å²) in [7, 11) is 1.80. The molecule has 2 amide bonds. The summed E-state index contributed by atoms with van der Waals surface area (Å²) in [5.41, 5.74) is 1.03. The number of carboxylic acids is 1. The van der Waals surface area contributed by atoms with E-state index in [0.29, 0.717) is 29.6 Å². The lowest BCUT2D eigenvalue weighted by atomic mass is 9.82. The fourth-order valence-electron chi connectivity index (χ4n) is 5.03. The van der Waals surface area contributed by atoms with Gasteiger partial charge >= 0.3 is 11.9 Å². The van der Waals surface area contributed by atoms with Crippen molar-refractivity contribution in [2.45, 2.75) is 97.8 Å². The number of hydrogen-bond donors (Lipinski definition) is 2. The molecule has 0 saturated heterocycles. The molecule has 11 nitrogen and oxygen atoms in total. The van der Waals surface area contributed by atoms with Crippen molar-refractivity contribution in [1.82, 2.24) is 25.2 Å². The first kappa shape index (κ1) is 33.1. The summed E-state index contributed by atoms with van der Waals surface area (Å²) < 4.78 is 5.66. The smallest absolute Gasteiger partial charge is 0.306 e. The molecule has 0 spiro atoms. The number of aryl methyl sites for hydroxylation is 1. The number of esters is 1. The Morgan fingerprint density at radius 3 is 2.36 bits per heavy atom. The highest BCUT2D eigenvalue weighted by molar-refractivity contribution is 7.09. The fraction of sp³-hybridized carbons (Fsp3) is 0.633. The van der Waals surface area contributed by atoms with Crippen LogP contribution < -0.4 is 5.32 Å². The fourth-order valence-corrected chi connectivity index (χ4v) is 5.87. The number of ether oxygens (including phenoxy) is 1. The van der Waals surface area contributed by atoms with Crippen molar-refractivity contribution >= 4 is 35.1 Å². The van der Waals surface area contributed by atoms with Crippen LogP contribution in [0.5, 0.6) is 0 Å². The topological polar surface area (TPSA) is 152 Å². The van der Waals surface area contributed by atoms with Gasteiger partial charge in [-0.15, -0.1) is 11.3 Å². The number of thiazole rings is 1. The second-order valence-electron chi connectivity index (χ2n) is 11.7. The lowest BCUT2D eigenvalue weighted by Crippen LogP contribution is -2.42. The van der Waals surface area contributed by atoms with Gasteiger partial charge in [-0.1, -0.05) is 27.2 Å². The van der Waals surface area contributed by atoms with Crippen molar-refractivity contribution in [1.29, 1.82) is 0 Å². The number of hydrogen-bond acceptors (Lipinski definition) is 9. The number of rotatable bonds is 15. The van der Waals surface area contributed by atoms with E-state index in [2.05, 4.69) is 20.3 Å². The average molecular weight is 602 g/mol. The Kier molecular flexibility index (Phi) is 12.0. The van der Waals surface area contributed by atoms with Crippen molar-refractivity contribution in [2.24, 2.45) is 17.8 Å². The third-order valence-electron chi connectivity index (χ3n) is 7.80. The Balaban J connectivity index is 1.75. The standard InChI is InChI=1S/C30H43N5O6S/c1-17(2)24(35(6)27(37)11-21-8-7-9-21)13-25(41-20(5)36)29-34-23(16-42-29)28(38)33-22(10-19(4)30(39)40)12-26-31-14-18(3)15-32-26/h14-17,19,21-22,24-25H,7-13H2,1-6H3,(H,33,38)(H,39,40)/t19?,22-,24?,25?/m1/s1. The van der Waals surface area contributed by atoms with Gasteiger partial charge in [-0.25, -0.2) is 15.0 Å². The molecule has 12 heteroatoms. The first-order valence-electron chi connectivity index (χ1n) is 14.5. The summed E-state index contributed by atoms with van der Waals surface area (Å²) in [6.45, 7) is 8.83. The van der Waals surface area contributed by atoms with Gasteiger partial charge in [0.15, 0.2) is 6.10 Å². The largest absolute Gasteiger partial charge is 0.481 e. The highest BCUT2D eigenvalue weighted by Crippen LogP contribution is 2.33. The summed E-state index contributed by atoms with van der Waals surface area (Å²) >= 11 is 1.21. The van der Waals surface area contributed by atoms with Gasteiger partial charge in [0.1, 0.15) is 16.5 Å². The first-order valence-corrected chi connectivity index (χ1v) is 15.4. The molecule has 2 heterocycles. The van der Waals surface area contributed by atoms with Crippen molar-refractivity contribution < 1.29 is 29.0 Å². The third kappa shape index (κ3) is 9.57. The third-order valence-corrected chi connectivity index (χ3v) is 8.74. The molecule has 3 unspecified atom stereocenters. The Morgan fingerprint density at radius 2 is 1.81 bits per heavy atom. The van der Waals surface area contributed by atoms with Crippen LogP contribution in [0.4, 0.5) is 0 Å². The second kappa shape index (κ2) is 15.2. The molecule has 2 N–H and O–H groups in total. The molecule has 2 aromatic rings. The van der Waals surface area contributed by atoms with E-state index in [4.69, 9.17) is 4.74 Å². The maximum Gasteiger partial charge on any atom is 0.306 e. The van der Waals surface area contributed by atoms with E-state index in [1.165, 1.54) is 24.7 Å². The molecule has 1 fully saturated rings. The highest BCUT2D eigenvalue weighted by Gasteiger charge is 2.32. The molecule has 1 saturated carbocycles. The molecule has 0 aromatic carbocycles. The minimum absolute atomic E-state index is 0.0818. The van der Waals surface area contributed by atoms with Gasteiger partial charge in [0.05, 0.1) is 5.92 Å². The maximum atomic E-state index is 13.3. The summed E-state index contributed by atoms with van der Waals surface area (Å²) in [6, 6.07) is -0.735. The monoisotopic (exact) mass is 601 g/mol. The molecule has 1 aliphatic carbocycles. The van der Waals surface area contributed by atoms with Gasteiger partial charge in [0.2, 0.25) is 5.91 Å². The van der Waals surface area contributed by atoms with Gasteiger partial charge in [-0.3, -0.25) is 19.2 Å². The van der Waals surface area contributed by atoms with E-state index < -0.39 is 35.9 Å². The molecule has 0 aliphatic heterocycles. The lowest BCUT2D eigenvalue weighted by molar-refractivity contribution is -0.148. The van der Waals surface area contributed by atoms with E-state index in [9.17, 15) is 24.3 Å². The molecule has 1 aliphatic rings. The van der Waals surface area contributed by atoms with Crippen molar-refractivity contribution in [3.8, 4) is 0 Å². The van der Waals surface area contributed by atoms with Crippen LogP contribution in [-0.2, 0) is 25.5 Å². The summed E-state index contributed by atoms with van der Waals surface area (Å²) in [4.78, 5) is 64.7. The second-order valence-corrected chi connectivity index (χ2v) is 12.6. The van der Waals surface area contributed by atoms with Crippen LogP contribution in [0.15, 0.2) is 17.8 Å². The van der Waals surface area contributed by atoms with Gasteiger partial charge < -0.3 is 20.1 Å². The number of nitrogens with zero attached hydrogens (tertiary/aromatic N) is 4. The molecule has 230 valence electrons. The molecule has 4 atom stereocenters. The minimum Gasteiger partial charge on any atom is -0.481 e. The quantitative estimate of drug-likeness (QED) is 0.284. The Bertz CT molecular complexity index is 1230. The van der Waals surface area contributed by atoms with Crippen LogP contribution in [0.3, 0.4) is 0 Å². The first-order chi connectivity index (χ1) is 19.8. The SMILES string of the molecule is CC(=O)OC(CC(C(C)C)N(C)C(=O)CC1CCC1)c1nc(C(=O)N[C@@H](Cc2ncc(C)cn2)CC(C)C(=O)O)cs1. The zero-order valence-electron chi connectivity index (χ0n) is 25.3. The van der Waals surface area contributed by atoms with Crippen LogP contribution in [0.25, 0.3) is 0 Å².